The Labute approximate surface area is 125 Å². The standard InChI is InChI=1S/C15H12ClNO4/c16-12-7-8(5-6-11(12)15(20)21)17-13(18)9-3-1-2-4-10(9)14(17)19/h1-2,5-7,9-10H,3-4H2,(H,20,21)/t9-,10-/m0/s1. The summed E-state index contributed by atoms with van der Waals surface area (Å²) >= 11 is 5.91. The molecule has 1 N–H and O–H groups in total. The molecule has 0 saturated carbocycles. The molecule has 2 amide bonds. The Balaban J connectivity index is 1.98. The highest BCUT2D eigenvalue weighted by Gasteiger charge is 2.47. The second kappa shape index (κ2) is 5.00. The molecular formula is C15H12ClNO4. The summed E-state index contributed by atoms with van der Waals surface area (Å²) in [5, 5.41) is 8.96. The molecule has 2 aliphatic rings. The lowest BCUT2D eigenvalue weighted by Gasteiger charge is -2.15. The number of halogens is 1. The van der Waals surface area contributed by atoms with Crippen LogP contribution in [0.15, 0.2) is 30.4 Å². The monoisotopic (exact) mass is 305 g/mol. The quantitative estimate of drug-likeness (QED) is 0.673. The van der Waals surface area contributed by atoms with Gasteiger partial charge < -0.3 is 5.11 Å². The van der Waals surface area contributed by atoms with Crippen molar-refractivity contribution in [2.75, 3.05) is 4.90 Å². The minimum atomic E-state index is -1.15. The van der Waals surface area contributed by atoms with Crippen LogP contribution >= 0.6 is 11.6 Å². The summed E-state index contributed by atoms with van der Waals surface area (Å²) in [7, 11) is 0. The van der Waals surface area contributed by atoms with E-state index < -0.39 is 5.97 Å². The van der Waals surface area contributed by atoms with Crippen molar-refractivity contribution < 1.29 is 19.5 Å². The first-order valence-corrected chi connectivity index (χ1v) is 6.94. The number of carboxylic acid groups (broad SMARTS) is 1. The highest BCUT2D eigenvalue weighted by Crippen LogP contribution is 2.38. The van der Waals surface area contributed by atoms with Crippen molar-refractivity contribution in [1.29, 1.82) is 0 Å². The summed E-state index contributed by atoms with van der Waals surface area (Å²) in [6.45, 7) is 0. The lowest BCUT2D eigenvalue weighted by Crippen LogP contribution is -2.30. The number of hydrogen-bond donors (Lipinski definition) is 1. The van der Waals surface area contributed by atoms with E-state index in [2.05, 4.69) is 0 Å². The molecule has 5 nitrogen and oxygen atoms in total. The van der Waals surface area contributed by atoms with Gasteiger partial charge in [0.05, 0.1) is 28.1 Å². The number of amides is 2. The van der Waals surface area contributed by atoms with Crippen molar-refractivity contribution in [2.24, 2.45) is 11.8 Å². The van der Waals surface area contributed by atoms with Gasteiger partial charge in [0.1, 0.15) is 0 Å². The van der Waals surface area contributed by atoms with E-state index in [4.69, 9.17) is 16.7 Å². The Morgan fingerprint density at radius 1 is 1.14 bits per heavy atom. The first kappa shape index (κ1) is 13.8. The summed E-state index contributed by atoms with van der Waals surface area (Å²) in [5.74, 6) is -2.27. The third-order valence-corrected chi connectivity index (χ3v) is 4.26. The first-order chi connectivity index (χ1) is 10.0. The lowest BCUT2D eigenvalue weighted by atomic mass is 9.85. The summed E-state index contributed by atoms with van der Waals surface area (Å²) in [6, 6.07) is 4.10. The molecule has 0 bridgehead atoms. The fraction of sp³-hybridized carbons (Fsp3) is 0.267. The molecule has 1 fully saturated rings. The fourth-order valence-electron chi connectivity index (χ4n) is 2.87. The van der Waals surface area contributed by atoms with Crippen molar-refractivity contribution in [3.63, 3.8) is 0 Å². The summed E-state index contributed by atoms with van der Waals surface area (Å²) < 4.78 is 0. The van der Waals surface area contributed by atoms with Crippen molar-refractivity contribution in [2.45, 2.75) is 12.8 Å². The molecule has 1 aromatic carbocycles. The van der Waals surface area contributed by atoms with Gasteiger partial charge in [-0.15, -0.1) is 0 Å². The maximum absolute atomic E-state index is 12.4. The van der Waals surface area contributed by atoms with Gasteiger partial charge in [0.25, 0.3) is 0 Å². The predicted octanol–water partition coefficient (Wildman–Crippen LogP) is 2.49. The Bertz CT molecular complexity index is 656. The van der Waals surface area contributed by atoms with E-state index in [-0.39, 0.29) is 34.2 Å². The van der Waals surface area contributed by atoms with Gasteiger partial charge in [-0.05, 0) is 31.0 Å². The molecule has 3 rings (SSSR count). The molecule has 6 heteroatoms. The zero-order valence-electron chi connectivity index (χ0n) is 11.0. The van der Waals surface area contributed by atoms with E-state index in [9.17, 15) is 14.4 Å². The summed E-state index contributed by atoms with van der Waals surface area (Å²) in [6.07, 6.45) is 4.95. The zero-order chi connectivity index (χ0) is 15.1. The van der Waals surface area contributed by atoms with E-state index >= 15 is 0 Å². The molecule has 1 saturated heterocycles. The highest BCUT2D eigenvalue weighted by molar-refractivity contribution is 6.34. The molecule has 0 spiro atoms. The van der Waals surface area contributed by atoms with Crippen LogP contribution in [0.5, 0.6) is 0 Å². The van der Waals surface area contributed by atoms with Gasteiger partial charge in [-0.25, -0.2) is 9.69 Å². The Kier molecular flexibility index (Phi) is 3.29. The minimum Gasteiger partial charge on any atom is -0.478 e. The van der Waals surface area contributed by atoms with Crippen molar-refractivity contribution in [1.82, 2.24) is 0 Å². The molecular weight excluding hydrogens is 294 g/mol. The number of allylic oxidation sites excluding steroid dienone is 2. The maximum atomic E-state index is 12.4. The number of benzene rings is 1. The van der Waals surface area contributed by atoms with Crippen LogP contribution in [0.2, 0.25) is 5.02 Å². The average molecular weight is 306 g/mol. The Morgan fingerprint density at radius 3 is 2.19 bits per heavy atom. The summed E-state index contributed by atoms with van der Waals surface area (Å²) in [5.41, 5.74) is 0.271. The molecule has 2 atom stereocenters. The SMILES string of the molecule is O=C(O)c1ccc(N2C(=O)[C@H]3CC=CC[C@@H]3C2=O)cc1Cl. The molecule has 1 aliphatic heterocycles. The Morgan fingerprint density at radius 2 is 1.71 bits per heavy atom. The van der Waals surface area contributed by atoms with Crippen LogP contribution in [-0.2, 0) is 9.59 Å². The van der Waals surface area contributed by atoms with E-state index in [1.165, 1.54) is 18.2 Å². The van der Waals surface area contributed by atoms with Crippen molar-refractivity contribution >= 4 is 35.1 Å². The summed E-state index contributed by atoms with van der Waals surface area (Å²) in [4.78, 5) is 36.9. The van der Waals surface area contributed by atoms with E-state index in [0.717, 1.165) is 4.90 Å². The van der Waals surface area contributed by atoms with Gasteiger partial charge in [-0.1, -0.05) is 23.8 Å². The minimum absolute atomic E-state index is 0.00796. The number of nitrogens with zero attached hydrogens (tertiary/aromatic N) is 1. The number of imide groups is 1. The lowest BCUT2D eigenvalue weighted by molar-refractivity contribution is -0.122. The molecule has 21 heavy (non-hydrogen) atoms. The molecule has 0 aromatic heterocycles. The normalized spacial score (nSPS) is 24.3. The van der Waals surface area contributed by atoms with E-state index in [1.807, 2.05) is 12.2 Å². The van der Waals surface area contributed by atoms with Gasteiger partial charge in [-0.2, -0.15) is 0 Å². The average Bonchev–Trinajstić information content (AvgIpc) is 2.71. The molecule has 1 aromatic rings. The number of fused-ring (bicyclic) bond motifs is 1. The van der Waals surface area contributed by atoms with E-state index in [1.54, 1.807) is 0 Å². The maximum Gasteiger partial charge on any atom is 0.337 e. The van der Waals surface area contributed by atoms with Gasteiger partial charge in [0.15, 0.2) is 0 Å². The van der Waals surface area contributed by atoms with Crippen LogP contribution < -0.4 is 4.90 Å². The van der Waals surface area contributed by atoms with Gasteiger partial charge in [0, 0.05) is 0 Å². The van der Waals surface area contributed by atoms with Crippen molar-refractivity contribution in [3.8, 4) is 0 Å². The molecule has 108 valence electrons. The molecule has 1 heterocycles. The fourth-order valence-corrected chi connectivity index (χ4v) is 3.13. The molecule has 0 radical (unpaired) electrons. The van der Waals surface area contributed by atoms with Crippen LogP contribution in [0.25, 0.3) is 0 Å². The van der Waals surface area contributed by atoms with Crippen molar-refractivity contribution in [3.05, 3.63) is 40.9 Å². The van der Waals surface area contributed by atoms with Gasteiger partial charge in [-0.3, -0.25) is 9.59 Å². The highest BCUT2D eigenvalue weighted by atomic mass is 35.5. The molecule has 0 unspecified atom stereocenters. The number of carboxylic acids is 1. The zero-order valence-corrected chi connectivity index (χ0v) is 11.7. The van der Waals surface area contributed by atoms with Gasteiger partial charge in [0.2, 0.25) is 11.8 Å². The smallest absolute Gasteiger partial charge is 0.337 e. The van der Waals surface area contributed by atoms with Gasteiger partial charge >= 0.3 is 5.97 Å². The first-order valence-electron chi connectivity index (χ1n) is 6.56. The second-order valence-corrected chi connectivity index (χ2v) is 5.54. The van der Waals surface area contributed by atoms with Crippen LogP contribution in [0.4, 0.5) is 5.69 Å². The Hall–Kier alpha value is -2.14. The third kappa shape index (κ3) is 2.14. The molecule has 1 aliphatic carbocycles. The topological polar surface area (TPSA) is 74.7 Å². The van der Waals surface area contributed by atoms with Crippen LogP contribution in [0.1, 0.15) is 23.2 Å². The number of anilines is 1. The third-order valence-electron chi connectivity index (χ3n) is 3.95. The van der Waals surface area contributed by atoms with Crippen LogP contribution in [0.3, 0.4) is 0 Å². The number of aromatic carboxylic acids is 1. The number of hydrogen-bond acceptors (Lipinski definition) is 3. The number of carbonyl (C=O) groups is 3. The van der Waals surface area contributed by atoms with E-state index in [0.29, 0.717) is 18.5 Å². The van der Waals surface area contributed by atoms with Crippen LogP contribution in [0, 0.1) is 11.8 Å². The largest absolute Gasteiger partial charge is 0.478 e. The second-order valence-electron chi connectivity index (χ2n) is 5.14. The predicted molar refractivity (Wildman–Crippen MR) is 76.3 cm³/mol. The number of carbonyl (C=O) groups excluding carboxylic acids is 2. The number of rotatable bonds is 2. The van der Waals surface area contributed by atoms with Crippen LogP contribution in [-0.4, -0.2) is 22.9 Å².